The third-order valence-electron chi connectivity index (χ3n) is 4.29. The number of nitrogens with one attached hydrogen (secondary N) is 1. The van der Waals surface area contributed by atoms with E-state index >= 15 is 0 Å². The molecule has 1 aliphatic rings. The van der Waals surface area contributed by atoms with Crippen molar-refractivity contribution in [1.82, 2.24) is 20.4 Å². The van der Waals surface area contributed by atoms with Crippen LogP contribution >= 0.6 is 11.3 Å². The van der Waals surface area contributed by atoms with E-state index in [1.165, 1.54) is 30.6 Å². The van der Waals surface area contributed by atoms with Gasteiger partial charge in [0.1, 0.15) is 11.7 Å². The number of thiazole rings is 1. The van der Waals surface area contributed by atoms with Crippen LogP contribution in [0.15, 0.2) is 9.90 Å². The van der Waals surface area contributed by atoms with Crippen molar-refractivity contribution in [2.45, 2.75) is 57.4 Å². The van der Waals surface area contributed by atoms with E-state index in [0.29, 0.717) is 30.5 Å². The molecule has 130 valence electrons. The van der Waals surface area contributed by atoms with E-state index in [-0.39, 0.29) is 11.9 Å². The van der Waals surface area contributed by atoms with Crippen LogP contribution in [0.25, 0.3) is 0 Å². The molecule has 1 fully saturated rings. The van der Waals surface area contributed by atoms with E-state index in [1.54, 1.807) is 5.38 Å². The molecule has 7 nitrogen and oxygen atoms in total. The normalized spacial score (nSPS) is 16.9. The van der Waals surface area contributed by atoms with Gasteiger partial charge >= 0.3 is 0 Å². The fourth-order valence-electron chi connectivity index (χ4n) is 2.94. The molecule has 0 aromatic carbocycles. The maximum atomic E-state index is 12.3. The summed E-state index contributed by atoms with van der Waals surface area (Å²) in [6.07, 6.45) is 6.63. The molecule has 2 aromatic rings. The summed E-state index contributed by atoms with van der Waals surface area (Å²) in [4.78, 5) is 21.0. The molecule has 3 rings (SSSR count). The molecule has 1 unspecified atom stereocenters. The maximum absolute atomic E-state index is 12.3. The first kappa shape index (κ1) is 17.0. The molecule has 1 saturated carbocycles. The van der Waals surface area contributed by atoms with E-state index in [9.17, 15) is 4.79 Å². The number of aromatic nitrogens is 3. The highest BCUT2D eigenvalue weighted by atomic mass is 32.1. The summed E-state index contributed by atoms with van der Waals surface area (Å²) in [5.74, 6) is 1.36. The van der Waals surface area contributed by atoms with Gasteiger partial charge in [0.2, 0.25) is 5.89 Å². The maximum Gasteiger partial charge on any atom is 0.271 e. The van der Waals surface area contributed by atoms with Crippen molar-refractivity contribution in [3.8, 4) is 0 Å². The smallest absolute Gasteiger partial charge is 0.271 e. The number of hydrogen-bond donors (Lipinski definition) is 2. The van der Waals surface area contributed by atoms with Gasteiger partial charge in [0.25, 0.3) is 5.91 Å². The second kappa shape index (κ2) is 7.85. The summed E-state index contributed by atoms with van der Waals surface area (Å²) in [6.45, 7) is 2.36. The molecule has 2 heterocycles. The van der Waals surface area contributed by atoms with E-state index in [1.807, 2.05) is 6.92 Å². The zero-order valence-electron chi connectivity index (χ0n) is 13.8. The first-order chi connectivity index (χ1) is 11.7. The molecule has 24 heavy (non-hydrogen) atoms. The molecular weight excluding hydrogens is 326 g/mol. The Labute approximate surface area is 145 Å². The van der Waals surface area contributed by atoms with Crippen LogP contribution in [0.2, 0.25) is 0 Å². The Balaban J connectivity index is 1.60. The highest BCUT2D eigenvalue weighted by molar-refractivity contribution is 7.09. The number of rotatable bonds is 6. The SMILES string of the molecule is CC(NC(=O)c1csc(CCN)n1)c1nc(C2CCCCC2)no1. The lowest BCUT2D eigenvalue weighted by atomic mass is 9.89. The summed E-state index contributed by atoms with van der Waals surface area (Å²) < 4.78 is 5.35. The van der Waals surface area contributed by atoms with Crippen molar-refractivity contribution in [3.63, 3.8) is 0 Å². The van der Waals surface area contributed by atoms with Gasteiger partial charge in [-0.2, -0.15) is 4.98 Å². The molecule has 1 amide bonds. The zero-order chi connectivity index (χ0) is 16.9. The Morgan fingerprint density at radius 3 is 2.96 bits per heavy atom. The second-order valence-electron chi connectivity index (χ2n) is 6.19. The molecule has 8 heteroatoms. The molecular formula is C16H23N5O2S. The van der Waals surface area contributed by atoms with Gasteiger partial charge in [0.15, 0.2) is 5.82 Å². The minimum Gasteiger partial charge on any atom is -0.339 e. The molecule has 1 aliphatic carbocycles. The summed E-state index contributed by atoms with van der Waals surface area (Å²) in [7, 11) is 0. The molecule has 2 aromatic heterocycles. The van der Waals surface area contributed by atoms with Crippen molar-refractivity contribution in [2.75, 3.05) is 6.54 Å². The van der Waals surface area contributed by atoms with E-state index < -0.39 is 0 Å². The Morgan fingerprint density at radius 1 is 1.42 bits per heavy atom. The van der Waals surface area contributed by atoms with Gasteiger partial charge in [0, 0.05) is 17.7 Å². The predicted octanol–water partition coefficient (Wildman–Crippen LogP) is 2.57. The van der Waals surface area contributed by atoms with E-state index in [4.69, 9.17) is 10.3 Å². The van der Waals surface area contributed by atoms with Gasteiger partial charge in [-0.15, -0.1) is 11.3 Å². The minimum atomic E-state index is -0.345. The number of carbonyl (C=O) groups is 1. The van der Waals surface area contributed by atoms with Crippen molar-refractivity contribution in [2.24, 2.45) is 5.73 Å². The molecule has 0 radical (unpaired) electrons. The Hall–Kier alpha value is -1.80. The van der Waals surface area contributed by atoms with E-state index in [0.717, 1.165) is 23.7 Å². The lowest BCUT2D eigenvalue weighted by Gasteiger charge is -2.17. The Morgan fingerprint density at radius 2 is 2.21 bits per heavy atom. The first-order valence-electron chi connectivity index (χ1n) is 8.46. The van der Waals surface area contributed by atoms with Crippen LogP contribution in [0.4, 0.5) is 0 Å². The lowest BCUT2D eigenvalue weighted by Crippen LogP contribution is -2.27. The predicted molar refractivity (Wildman–Crippen MR) is 90.9 cm³/mol. The fraction of sp³-hybridized carbons (Fsp3) is 0.625. The van der Waals surface area contributed by atoms with Crippen molar-refractivity contribution in [3.05, 3.63) is 27.8 Å². The van der Waals surface area contributed by atoms with Crippen LogP contribution in [0, 0.1) is 0 Å². The standard InChI is InChI=1S/C16H23N5O2S/c1-10(18-15(22)12-9-24-13(19-12)7-8-17)16-20-14(21-23-16)11-5-3-2-4-6-11/h9-11H,2-8,17H2,1H3,(H,18,22). The van der Waals surface area contributed by atoms with Gasteiger partial charge in [-0.25, -0.2) is 4.98 Å². The molecule has 1 atom stereocenters. The van der Waals surface area contributed by atoms with Crippen molar-refractivity contribution >= 4 is 17.2 Å². The van der Waals surface area contributed by atoms with Gasteiger partial charge in [-0.3, -0.25) is 4.79 Å². The fourth-order valence-corrected chi connectivity index (χ4v) is 3.73. The minimum absolute atomic E-state index is 0.237. The van der Waals surface area contributed by atoms with Gasteiger partial charge in [-0.05, 0) is 26.3 Å². The van der Waals surface area contributed by atoms with Crippen LogP contribution in [0.3, 0.4) is 0 Å². The summed E-state index contributed by atoms with van der Waals surface area (Å²) in [5.41, 5.74) is 5.91. The Kier molecular flexibility index (Phi) is 5.57. The van der Waals surface area contributed by atoms with Crippen LogP contribution in [-0.4, -0.2) is 27.6 Å². The number of nitrogens with zero attached hydrogens (tertiary/aromatic N) is 3. The Bertz CT molecular complexity index is 678. The van der Waals surface area contributed by atoms with Crippen LogP contribution in [0.1, 0.15) is 78.2 Å². The van der Waals surface area contributed by atoms with Gasteiger partial charge in [0.05, 0.1) is 5.01 Å². The largest absolute Gasteiger partial charge is 0.339 e. The highest BCUT2D eigenvalue weighted by Crippen LogP contribution is 2.31. The topological polar surface area (TPSA) is 107 Å². The van der Waals surface area contributed by atoms with Gasteiger partial charge < -0.3 is 15.6 Å². The van der Waals surface area contributed by atoms with Crippen LogP contribution < -0.4 is 11.1 Å². The molecule has 0 aliphatic heterocycles. The second-order valence-corrected chi connectivity index (χ2v) is 7.13. The van der Waals surface area contributed by atoms with Gasteiger partial charge in [-0.1, -0.05) is 24.4 Å². The molecule has 0 bridgehead atoms. The lowest BCUT2D eigenvalue weighted by molar-refractivity contribution is 0.0928. The van der Waals surface area contributed by atoms with E-state index in [2.05, 4.69) is 20.4 Å². The van der Waals surface area contributed by atoms with Crippen molar-refractivity contribution < 1.29 is 9.32 Å². The average molecular weight is 349 g/mol. The average Bonchev–Trinajstić information content (AvgIpc) is 3.25. The third kappa shape index (κ3) is 3.99. The molecule has 3 N–H and O–H groups in total. The summed E-state index contributed by atoms with van der Waals surface area (Å²) in [6, 6.07) is -0.345. The zero-order valence-corrected chi connectivity index (χ0v) is 14.6. The summed E-state index contributed by atoms with van der Waals surface area (Å²) in [5, 5.41) is 9.58. The molecule has 0 saturated heterocycles. The van der Waals surface area contributed by atoms with Crippen molar-refractivity contribution in [1.29, 1.82) is 0 Å². The first-order valence-corrected chi connectivity index (χ1v) is 9.34. The monoisotopic (exact) mass is 349 g/mol. The molecule has 0 spiro atoms. The number of carbonyl (C=O) groups excluding carboxylic acids is 1. The quantitative estimate of drug-likeness (QED) is 0.830. The third-order valence-corrected chi connectivity index (χ3v) is 5.20. The highest BCUT2D eigenvalue weighted by Gasteiger charge is 2.24. The van der Waals surface area contributed by atoms with Crippen LogP contribution in [-0.2, 0) is 6.42 Å². The number of hydrogen-bond acceptors (Lipinski definition) is 7. The number of amides is 1. The number of nitrogens with two attached hydrogens (primary N) is 1. The summed E-state index contributed by atoms with van der Waals surface area (Å²) >= 11 is 1.44. The van der Waals surface area contributed by atoms with Crippen LogP contribution in [0.5, 0.6) is 0 Å².